The van der Waals surface area contributed by atoms with Crippen molar-refractivity contribution in [1.82, 2.24) is 4.90 Å². The summed E-state index contributed by atoms with van der Waals surface area (Å²) >= 11 is 0. The van der Waals surface area contributed by atoms with Gasteiger partial charge in [0.05, 0.1) is 13.1 Å². The van der Waals surface area contributed by atoms with E-state index in [0.29, 0.717) is 26.3 Å². The second-order valence-corrected chi connectivity index (χ2v) is 6.86. The standard InChI is InChI=1S/C21H21N3O2/c22-14-24-12-17-10-18(23-21(25)16-6-8-26-9-7-16)11-19(20(17)13-24)15-4-2-1-3-5-15/h1-5,10-11,16H,6-9,12-13H2,(H,23,25). The van der Waals surface area contributed by atoms with Crippen LogP contribution in [0.25, 0.3) is 11.1 Å². The second kappa shape index (κ2) is 7.19. The molecule has 4 rings (SSSR count). The van der Waals surface area contributed by atoms with Crippen LogP contribution in [0.1, 0.15) is 24.0 Å². The fourth-order valence-corrected chi connectivity index (χ4v) is 3.73. The molecule has 1 N–H and O–H groups in total. The van der Waals surface area contributed by atoms with Gasteiger partial charge in [-0.2, -0.15) is 5.26 Å². The molecule has 0 aromatic heterocycles. The lowest BCUT2D eigenvalue weighted by Gasteiger charge is -2.21. The molecule has 132 valence electrons. The van der Waals surface area contributed by atoms with Gasteiger partial charge in [-0.3, -0.25) is 4.79 Å². The van der Waals surface area contributed by atoms with Crippen LogP contribution in [0.15, 0.2) is 42.5 Å². The molecule has 1 amide bonds. The summed E-state index contributed by atoms with van der Waals surface area (Å²) < 4.78 is 5.35. The number of benzene rings is 2. The molecule has 0 atom stereocenters. The van der Waals surface area contributed by atoms with E-state index in [1.165, 1.54) is 5.56 Å². The lowest BCUT2D eigenvalue weighted by atomic mass is 9.95. The van der Waals surface area contributed by atoms with Crippen LogP contribution in [0.2, 0.25) is 0 Å². The molecule has 2 aliphatic heterocycles. The number of fused-ring (bicyclic) bond motifs is 1. The van der Waals surface area contributed by atoms with Gasteiger partial charge in [0.15, 0.2) is 6.19 Å². The highest BCUT2D eigenvalue weighted by Gasteiger charge is 2.25. The molecule has 26 heavy (non-hydrogen) atoms. The van der Waals surface area contributed by atoms with Crippen molar-refractivity contribution in [2.45, 2.75) is 25.9 Å². The molecule has 0 saturated carbocycles. The second-order valence-electron chi connectivity index (χ2n) is 6.86. The first-order valence-corrected chi connectivity index (χ1v) is 8.99. The van der Waals surface area contributed by atoms with Crippen LogP contribution in [0.3, 0.4) is 0 Å². The van der Waals surface area contributed by atoms with Gasteiger partial charge in [0.25, 0.3) is 0 Å². The number of nitrogens with one attached hydrogen (secondary N) is 1. The maximum atomic E-state index is 12.6. The summed E-state index contributed by atoms with van der Waals surface area (Å²) in [6.07, 6.45) is 3.77. The van der Waals surface area contributed by atoms with Gasteiger partial charge < -0.3 is 15.0 Å². The molecular weight excluding hydrogens is 326 g/mol. The Morgan fingerprint density at radius 3 is 2.65 bits per heavy atom. The number of amides is 1. The molecule has 2 aliphatic rings. The highest BCUT2D eigenvalue weighted by molar-refractivity contribution is 5.93. The molecule has 1 fully saturated rings. The minimum Gasteiger partial charge on any atom is -0.381 e. The van der Waals surface area contributed by atoms with E-state index in [0.717, 1.165) is 35.2 Å². The van der Waals surface area contributed by atoms with E-state index < -0.39 is 0 Å². The third kappa shape index (κ3) is 3.29. The minimum atomic E-state index is 0.00721. The Kier molecular flexibility index (Phi) is 4.59. The van der Waals surface area contributed by atoms with Gasteiger partial charge in [0, 0.05) is 24.8 Å². The molecular formula is C21H21N3O2. The van der Waals surface area contributed by atoms with E-state index in [4.69, 9.17) is 4.74 Å². The summed E-state index contributed by atoms with van der Waals surface area (Å²) in [6.45, 7) is 2.50. The molecule has 0 bridgehead atoms. The Hall–Kier alpha value is -2.84. The van der Waals surface area contributed by atoms with Gasteiger partial charge in [-0.05, 0) is 47.2 Å². The molecule has 0 spiro atoms. The van der Waals surface area contributed by atoms with E-state index in [9.17, 15) is 10.1 Å². The van der Waals surface area contributed by atoms with Crippen molar-refractivity contribution < 1.29 is 9.53 Å². The Bertz CT molecular complexity index is 852. The predicted molar refractivity (Wildman–Crippen MR) is 98.9 cm³/mol. The lowest BCUT2D eigenvalue weighted by molar-refractivity contribution is -0.122. The molecule has 2 aromatic rings. The molecule has 0 unspecified atom stereocenters. The summed E-state index contributed by atoms with van der Waals surface area (Å²) in [5.74, 6) is 0.0650. The topological polar surface area (TPSA) is 65.4 Å². The molecule has 2 aromatic carbocycles. The van der Waals surface area contributed by atoms with Crippen molar-refractivity contribution in [2.24, 2.45) is 5.92 Å². The highest BCUT2D eigenvalue weighted by atomic mass is 16.5. The highest BCUT2D eigenvalue weighted by Crippen LogP contribution is 2.35. The molecule has 5 heteroatoms. The van der Waals surface area contributed by atoms with Crippen molar-refractivity contribution in [3.05, 3.63) is 53.6 Å². The first-order chi connectivity index (χ1) is 12.7. The summed E-state index contributed by atoms with van der Waals surface area (Å²) in [5, 5.41) is 12.4. The SMILES string of the molecule is N#CN1Cc2cc(NC(=O)C3CCOCC3)cc(-c3ccccc3)c2C1. The first kappa shape index (κ1) is 16.6. The minimum absolute atomic E-state index is 0.00721. The van der Waals surface area contributed by atoms with E-state index in [1.54, 1.807) is 4.90 Å². The summed E-state index contributed by atoms with van der Waals surface area (Å²) in [7, 11) is 0. The fourth-order valence-electron chi connectivity index (χ4n) is 3.73. The number of anilines is 1. The third-order valence-electron chi connectivity index (χ3n) is 5.14. The Morgan fingerprint density at radius 2 is 1.92 bits per heavy atom. The van der Waals surface area contributed by atoms with Crippen LogP contribution < -0.4 is 5.32 Å². The number of carbonyl (C=O) groups excluding carboxylic acids is 1. The van der Waals surface area contributed by atoms with Crippen LogP contribution in [0, 0.1) is 17.4 Å². The molecule has 5 nitrogen and oxygen atoms in total. The van der Waals surface area contributed by atoms with Gasteiger partial charge in [-0.15, -0.1) is 0 Å². The van der Waals surface area contributed by atoms with Gasteiger partial charge in [0.2, 0.25) is 5.91 Å². The fraction of sp³-hybridized carbons (Fsp3) is 0.333. The third-order valence-corrected chi connectivity index (χ3v) is 5.14. The molecule has 1 saturated heterocycles. The summed E-state index contributed by atoms with van der Waals surface area (Å²) in [4.78, 5) is 14.3. The van der Waals surface area contributed by atoms with Gasteiger partial charge in [-0.1, -0.05) is 30.3 Å². The average molecular weight is 347 g/mol. The van der Waals surface area contributed by atoms with Crippen LogP contribution in [-0.4, -0.2) is 24.0 Å². The van der Waals surface area contributed by atoms with Gasteiger partial charge in [0.1, 0.15) is 0 Å². The van der Waals surface area contributed by atoms with Gasteiger partial charge in [-0.25, -0.2) is 0 Å². The normalized spacial score (nSPS) is 16.8. The summed E-state index contributed by atoms with van der Waals surface area (Å²) in [6, 6.07) is 14.2. The largest absolute Gasteiger partial charge is 0.381 e. The zero-order chi connectivity index (χ0) is 17.9. The number of carbonyl (C=O) groups is 1. The Morgan fingerprint density at radius 1 is 1.15 bits per heavy atom. The van der Waals surface area contributed by atoms with E-state index in [1.807, 2.05) is 30.3 Å². The van der Waals surface area contributed by atoms with Crippen molar-refractivity contribution in [1.29, 1.82) is 5.26 Å². The lowest BCUT2D eigenvalue weighted by Crippen LogP contribution is -2.28. The Labute approximate surface area is 153 Å². The quantitative estimate of drug-likeness (QED) is 0.863. The summed E-state index contributed by atoms with van der Waals surface area (Å²) in [5.41, 5.74) is 5.27. The van der Waals surface area contributed by atoms with Crippen LogP contribution >= 0.6 is 0 Å². The van der Waals surface area contributed by atoms with Gasteiger partial charge >= 0.3 is 0 Å². The first-order valence-electron chi connectivity index (χ1n) is 8.99. The van der Waals surface area contributed by atoms with E-state index in [-0.39, 0.29) is 11.8 Å². The van der Waals surface area contributed by atoms with Crippen LogP contribution in [-0.2, 0) is 22.6 Å². The molecule has 0 aliphatic carbocycles. The monoisotopic (exact) mass is 347 g/mol. The maximum Gasteiger partial charge on any atom is 0.227 e. The van der Waals surface area contributed by atoms with Crippen molar-refractivity contribution in [3.63, 3.8) is 0 Å². The zero-order valence-electron chi connectivity index (χ0n) is 14.6. The maximum absolute atomic E-state index is 12.6. The predicted octanol–water partition coefficient (Wildman–Crippen LogP) is 3.52. The number of hydrogen-bond acceptors (Lipinski definition) is 4. The number of hydrogen-bond donors (Lipinski definition) is 1. The van der Waals surface area contributed by atoms with Crippen molar-refractivity contribution in [3.8, 4) is 17.3 Å². The van der Waals surface area contributed by atoms with Crippen LogP contribution in [0.5, 0.6) is 0 Å². The average Bonchev–Trinajstić information content (AvgIpc) is 3.12. The molecule has 2 heterocycles. The number of rotatable bonds is 3. The Balaban J connectivity index is 1.66. The number of ether oxygens (including phenoxy) is 1. The van der Waals surface area contributed by atoms with Crippen molar-refractivity contribution >= 4 is 11.6 Å². The number of nitrogens with zero attached hydrogens (tertiary/aromatic N) is 2. The van der Waals surface area contributed by atoms with E-state index in [2.05, 4.69) is 23.6 Å². The number of nitriles is 1. The smallest absolute Gasteiger partial charge is 0.227 e. The molecule has 0 radical (unpaired) electrons. The van der Waals surface area contributed by atoms with E-state index >= 15 is 0 Å². The van der Waals surface area contributed by atoms with Crippen LogP contribution in [0.4, 0.5) is 5.69 Å². The van der Waals surface area contributed by atoms with Crippen molar-refractivity contribution in [2.75, 3.05) is 18.5 Å². The zero-order valence-corrected chi connectivity index (χ0v) is 14.6.